The minimum absolute atomic E-state index is 0.0178. The third-order valence-corrected chi connectivity index (χ3v) is 6.94. The summed E-state index contributed by atoms with van der Waals surface area (Å²) in [6, 6.07) is 15.6. The van der Waals surface area contributed by atoms with E-state index in [1.807, 2.05) is 0 Å². The van der Waals surface area contributed by atoms with Crippen molar-refractivity contribution in [2.24, 2.45) is 5.73 Å². The number of thiocarbonyl (C=S) groups is 1. The van der Waals surface area contributed by atoms with E-state index in [0.29, 0.717) is 16.8 Å². The Morgan fingerprint density at radius 3 is 2.50 bits per heavy atom. The number of nitrogens with two attached hydrogens (primary N) is 1. The van der Waals surface area contributed by atoms with Crippen molar-refractivity contribution in [2.75, 3.05) is 18.0 Å². The van der Waals surface area contributed by atoms with Gasteiger partial charge in [0.1, 0.15) is 4.32 Å². The summed E-state index contributed by atoms with van der Waals surface area (Å²) in [5.41, 5.74) is 12.2. The summed E-state index contributed by atoms with van der Waals surface area (Å²) >= 11 is 6.52. The minimum Gasteiger partial charge on any atom is -0.371 e. The van der Waals surface area contributed by atoms with Crippen LogP contribution in [0.2, 0.25) is 0 Å². The molecule has 0 aromatic heterocycles. The standard InChI is InChI=1S/C22H25N3OS2/c1-14-12-18(25-10-8-17(23)9-11-25)6-7-19(14)16-4-2-15(3-5-16)13-20-21(26)24-22(27)28-20/h2-7,12,17,20H,8-11,13,23H2,1H3,(H,24,26,27). The van der Waals surface area contributed by atoms with E-state index in [2.05, 4.69) is 59.6 Å². The first kappa shape index (κ1) is 19.4. The molecule has 0 aliphatic carbocycles. The van der Waals surface area contributed by atoms with E-state index in [1.165, 1.54) is 34.1 Å². The van der Waals surface area contributed by atoms with Crippen LogP contribution in [0.5, 0.6) is 0 Å². The van der Waals surface area contributed by atoms with Crippen LogP contribution in [0, 0.1) is 6.92 Å². The molecule has 0 saturated carbocycles. The first-order valence-corrected chi connectivity index (χ1v) is 11.0. The molecule has 4 rings (SSSR count). The molecule has 1 unspecified atom stereocenters. The van der Waals surface area contributed by atoms with Crippen LogP contribution >= 0.6 is 24.0 Å². The van der Waals surface area contributed by atoms with Gasteiger partial charge in [0.05, 0.1) is 5.25 Å². The molecule has 0 bridgehead atoms. The highest BCUT2D eigenvalue weighted by Gasteiger charge is 2.28. The Labute approximate surface area is 175 Å². The summed E-state index contributed by atoms with van der Waals surface area (Å²) in [6.45, 7) is 4.23. The number of benzene rings is 2. The topological polar surface area (TPSA) is 58.4 Å². The SMILES string of the molecule is Cc1cc(N2CCC(N)CC2)ccc1-c1ccc(CC2SC(=S)NC2=O)cc1. The number of nitrogens with one attached hydrogen (secondary N) is 1. The molecular formula is C22H25N3OS2. The second kappa shape index (κ2) is 8.23. The van der Waals surface area contributed by atoms with Gasteiger partial charge < -0.3 is 16.0 Å². The fourth-order valence-corrected chi connectivity index (χ4v) is 5.20. The normalized spacial score (nSPS) is 20.5. The Morgan fingerprint density at radius 1 is 1.18 bits per heavy atom. The van der Waals surface area contributed by atoms with Gasteiger partial charge in [-0.05, 0) is 60.6 Å². The predicted octanol–water partition coefficient (Wildman–Crippen LogP) is 3.65. The van der Waals surface area contributed by atoms with Crippen molar-refractivity contribution in [1.82, 2.24) is 5.32 Å². The first-order valence-electron chi connectivity index (χ1n) is 9.71. The molecule has 4 nitrogen and oxygen atoms in total. The maximum Gasteiger partial charge on any atom is 0.239 e. The molecule has 2 aromatic rings. The zero-order valence-electron chi connectivity index (χ0n) is 16.0. The molecule has 3 N–H and O–H groups in total. The van der Waals surface area contributed by atoms with E-state index in [-0.39, 0.29) is 11.2 Å². The number of piperidine rings is 1. The molecule has 146 valence electrons. The van der Waals surface area contributed by atoms with Gasteiger partial charge >= 0.3 is 0 Å². The molecule has 2 aliphatic heterocycles. The van der Waals surface area contributed by atoms with Gasteiger partial charge in [-0.1, -0.05) is 54.3 Å². The number of rotatable bonds is 4. The molecule has 2 heterocycles. The lowest BCUT2D eigenvalue weighted by Crippen LogP contribution is -2.39. The molecule has 2 fully saturated rings. The monoisotopic (exact) mass is 411 g/mol. The van der Waals surface area contributed by atoms with Crippen LogP contribution in [0.4, 0.5) is 5.69 Å². The smallest absolute Gasteiger partial charge is 0.239 e. The van der Waals surface area contributed by atoms with Gasteiger partial charge in [0.25, 0.3) is 0 Å². The van der Waals surface area contributed by atoms with Crippen LogP contribution in [0.25, 0.3) is 11.1 Å². The summed E-state index contributed by atoms with van der Waals surface area (Å²) in [5, 5.41) is 2.60. The Morgan fingerprint density at radius 2 is 1.89 bits per heavy atom. The highest BCUT2D eigenvalue weighted by molar-refractivity contribution is 8.24. The van der Waals surface area contributed by atoms with E-state index in [9.17, 15) is 4.79 Å². The minimum atomic E-state index is -0.114. The van der Waals surface area contributed by atoms with Crippen molar-refractivity contribution in [2.45, 2.75) is 37.5 Å². The van der Waals surface area contributed by atoms with Gasteiger partial charge in [0.2, 0.25) is 5.91 Å². The first-order chi connectivity index (χ1) is 13.5. The number of hydrogen-bond acceptors (Lipinski definition) is 5. The van der Waals surface area contributed by atoms with E-state index in [0.717, 1.165) is 31.5 Å². The lowest BCUT2D eigenvalue weighted by atomic mass is 9.97. The van der Waals surface area contributed by atoms with Crippen molar-refractivity contribution in [3.8, 4) is 11.1 Å². The van der Waals surface area contributed by atoms with Gasteiger partial charge in [0, 0.05) is 24.8 Å². The highest BCUT2D eigenvalue weighted by atomic mass is 32.2. The number of nitrogens with zero attached hydrogens (tertiary/aromatic N) is 1. The highest BCUT2D eigenvalue weighted by Crippen LogP contribution is 2.30. The lowest BCUT2D eigenvalue weighted by Gasteiger charge is -2.32. The van der Waals surface area contributed by atoms with Crippen molar-refractivity contribution >= 4 is 39.9 Å². The number of thioether (sulfide) groups is 1. The van der Waals surface area contributed by atoms with Crippen molar-refractivity contribution in [1.29, 1.82) is 0 Å². The molecule has 0 radical (unpaired) electrons. The van der Waals surface area contributed by atoms with E-state index < -0.39 is 0 Å². The maximum atomic E-state index is 11.9. The van der Waals surface area contributed by atoms with Crippen LogP contribution in [0.1, 0.15) is 24.0 Å². The molecular weight excluding hydrogens is 386 g/mol. The predicted molar refractivity (Wildman–Crippen MR) is 122 cm³/mol. The Balaban J connectivity index is 1.46. The molecule has 1 atom stereocenters. The lowest BCUT2D eigenvalue weighted by molar-refractivity contribution is -0.118. The molecule has 28 heavy (non-hydrogen) atoms. The van der Waals surface area contributed by atoms with Crippen LogP contribution in [0.15, 0.2) is 42.5 Å². The molecule has 2 aliphatic rings. The molecule has 2 aromatic carbocycles. The van der Waals surface area contributed by atoms with Crippen LogP contribution in [0.3, 0.4) is 0 Å². The van der Waals surface area contributed by atoms with Gasteiger partial charge in [0.15, 0.2) is 0 Å². The number of anilines is 1. The van der Waals surface area contributed by atoms with E-state index in [1.54, 1.807) is 0 Å². The number of carbonyl (C=O) groups excluding carboxylic acids is 1. The number of amides is 1. The fourth-order valence-electron chi connectivity index (χ4n) is 3.89. The van der Waals surface area contributed by atoms with Gasteiger partial charge in [-0.2, -0.15) is 0 Å². The average molecular weight is 412 g/mol. The zero-order valence-corrected chi connectivity index (χ0v) is 17.6. The van der Waals surface area contributed by atoms with Gasteiger partial charge in [-0.3, -0.25) is 4.79 Å². The van der Waals surface area contributed by atoms with E-state index in [4.69, 9.17) is 18.0 Å². The average Bonchev–Trinajstić information content (AvgIpc) is 3.00. The third kappa shape index (κ3) is 4.24. The van der Waals surface area contributed by atoms with Gasteiger partial charge in [-0.15, -0.1) is 0 Å². The van der Waals surface area contributed by atoms with Crippen molar-refractivity contribution < 1.29 is 4.79 Å². The molecule has 2 saturated heterocycles. The summed E-state index contributed by atoms with van der Waals surface area (Å²) in [4.78, 5) is 14.3. The molecule has 1 amide bonds. The van der Waals surface area contributed by atoms with E-state index >= 15 is 0 Å². The summed E-state index contributed by atoms with van der Waals surface area (Å²) in [5.74, 6) is 0.0178. The third-order valence-electron chi connectivity index (χ3n) is 5.57. The molecule has 6 heteroatoms. The Bertz CT molecular complexity index is 889. The van der Waals surface area contributed by atoms with Crippen molar-refractivity contribution in [3.05, 3.63) is 53.6 Å². The van der Waals surface area contributed by atoms with Crippen LogP contribution < -0.4 is 16.0 Å². The van der Waals surface area contributed by atoms with Crippen LogP contribution in [-0.4, -0.2) is 34.6 Å². The summed E-state index contributed by atoms with van der Waals surface area (Å²) in [7, 11) is 0. The van der Waals surface area contributed by atoms with Crippen molar-refractivity contribution in [3.63, 3.8) is 0 Å². The number of aryl methyl sites for hydroxylation is 1. The Kier molecular flexibility index (Phi) is 5.71. The second-order valence-electron chi connectivity index (χ2n) is 7.61. The van der Waals surface area contributed by atoms with Crippen LogP contribution in [-0.2, 0) is 11.2 Å². The maximum absolute atomic E-state index is 11.9. The Hall–Kier alpha value is -1.89. The van der Waals surface area contributed by atoms with Gasteiger partial charge in [-0.25, -0.2) is 0 Å². The summed E-state index contributed by atoms with van der Waals surface area (Å²) in [6.07, 6.45) is 2.82. The second-order valence-corrected chi connectivity index (χ2v) is 9.49. The fraction of sp³-hybridized carbons (Fsp3) is 0.364. The largest absolute Gasteiger partial charge is 0.371 e. The quantitative estimate of drug-likeness (QED) is 0.752. The molecule has 0 spiro atoms. The zero-order chi connectivity index (χ0) is 19.7. The summed E-state index contributed by atoms with van der Waals surface area (Å²) < 4.78 is 0.582. The number of carbonyl (C=O) groups is 1. The number of hydrogen-bond donors (Lipinski definition) is 2.